The first-order valence-corrected chi connectivity index (χ1v) is 7.62. The Morgan fingerprint density at radius 3 is 2.65 bits per heavy atom. The average Bonchev–Trinajstić information content (AvgIpc) is 2.65. The predicted octanol–water partition coefficient (Wildman–Crippen LogP) is -1.84. The fourth-order valence-electron chi connectivity index (χ4n) is 1.38. The fourth-order valence-corrected chi connectivity index (χ4v) is 2.56. The third-order valence-electron chi connectivity index (χ3n) is 2.30. The van der Waals surface area contributed by atoms with Gasteiger partial charge in [-0.3, -0.25) is 0 Å². The molecule has 0 aromatic carbocycles. The van der Waals surface area contributed by atoms with Crippen molar-refractivity contribution >= 4 is 21.5 Å². The van der Waals surface area contributed by atoms with E-state index in [9.17, 15) is 13.0 Å². The van der Waals surface area contributed by atoms with E-state index < -0.39 is 10.1 Å². The van der Waals surface area contributed by atoms with E-state index in [1.54, 1.807) is 11.3 Å². The molecule has 0 N–H and O–H groups in total. The van der Waals surface area contributed by atoms with Crippen LogP contribution in [0.4, 0.5) is 0 Å². The molecule has 1 heterocycles. The summed E-state index contributed by atoms with van der Waals surface area (Å²) in [6.45, 7) is 1.53. The van der Waals surface area contributed by atoms with Crippen LogP contribution in [0.2, 0.25) is 0 Å². The van der Waals surface area contributed by atoms with Crippen LogP contribution >= 0.6 is 11.3 Å². The Morgan fingerprint density at radius 2 is 2.12 bits per heavy atom. The van der Waals surface area contributed by atoms with Gasteiger partial charge in [-0.2, -0.15) is 11.3 Å². The van der Waals surface area contributed by atoms with Gasteiger partial charge in [0, 0.05) is 12.3 Å². The number of likely N-dealkylation sites (N-methyl/N-ethyl adjacent to an activating group) is 1. The molecular formula is C10H16NNaO3S2. The molecule has 92 valence electrons. The molecule has 0 saturated heterocycles. The summed E-state index contributed by atoms with van der Waals surface area (Å²) in [5, 5.41) is 4.15. The minimum absolute atomic E-state index is 0. The Hall–Kier alpha value is 0.570. The van der Waals surface area contributed by atoms with E-state index in [2.05, 4.69) is 11.4 Å². The summed E-state index contributed by atoms with van der Waals surface area (Å²) in [5.41, 5.74) is 1.30. The molecule has 0 bridgehead atoms. The molecule has 17 heavy (non-hydrogen) atoms. The molecule has 7 heteroatoms. The zero-order valence-corrected chi connectivity index (χ0v) is 13.9. The van der Waals surface area contributed by atoms with Crippen LogP contribution in [0.15, 0.2) is 16.8 Å². The van der Waals surface area contributed by atoms with E-state index in [1.807, 2.05) is 17.3 Å². The maximum Gasteiger partial charge on any atom is 1.00 e. The van der Waals surface area contributed by atoms with Gasteiger partial charge in [-0.1, -0.05) is 0 Å². The van der Waals surface area contributed by atoms with Gasteiger partial charge in [0.05, 0.1) is 10.1 Å². The number of rotatable bonds is 7. The zero-order valence-electron chi connectivity index (χ0n) is 10.3. The topological polar surface area (TPSA) is 60.4 Å². The molecule has 4 nitrogen and oxygen atoms in total. The first-order chi connectivity index (χ1) is 7.47. The molecule has 1 aromatic heterocycles. The molecule has 1 aromatic rings. The largest absolute Gasteiger partial charge is 1.00 e. The Balaban J connectivity index is 0.00000256. The first kappa shape index (κ1) is 17.6. The Labute approximate surface area is 129 Å². The Morgan fingerprint density at radius 1 is 1.41 bits per heavy atom. The van der Waals surface area contributed by atoms with Crippen molar-refractivity contribution in [1.82, 2.24) is 4.90 Å². The summed E-state index contributed by atoms with van der Waals surface area (Å²) in [4.78, 5) is 2.04. The van der Waals surface area contributed by atoms with E-state index in [4.69, 9.17) is 0 Å². The van der Waals surface area contributed by atoms with Crippen molar-refractivity contribution < 1.29 is 42.5 Å². The van der Waals surface area contributed by atoms with E-state index >= 15 is 0 Å². The number of nitrogens with zero attached hydrogens (tertiary/aromatic N) is 1. The molecule has 0 fully saturated rings. The van der Waals surface area contributed by atoms with Gasteiger partial charge in [0.15, 0.2) is 0 Å². The van der Waals surface area contributed by atoms with Crippen molar-refractivity contribution in [3.8, 4) is 0 Å². The molecule has 1 rings (SSSR count). The van der Waals surface area contributed by atoms with Crippen molar-refractivity contribution in [2.75, 3.05) is 25.9 Å². The van der Waals surface area contributed by atoms with Gasteiger partial charge in [-0.15, -0.1) is 0 Å². The van der Waals surface area contributed by atoms with E-state index in [0.29, 0.717) is 13.0 Å². The smallest absolute Gasteiger partial charge is 0.748 e. The number of thiophene rings is 1. The van der Waals surface area contributed by atoms with Crippen LogP contribution in [0.25, 0.3) is 0 Å². The zero-order chi connectivity index (χ0) is 12.0. The second-order valence-electron chi connectivity index (χ2n) is 3.80. The maximum absolute atomic E-state index is 10.4. The van der Waals surface area contributed by atoms with Crippen molar-refractivity contribution in [2.45, 2.75) is 12.8 Å². The van der Waals surface area contributed by atoms with Gasteiger partial charge in [-0.25, -0.2) is 8.42 Å². The van der Waals surface area contributed by atoms with Crippen LogP contribution in [0.1, 0.15) is 12.0 Å². The van der Waals surface area contributed by atoms with Gasteiger partial charge < -0.3 is 9.45 Å². The van der Waals surface area contributed by atoms with Crippen molar-refractivity contribution in [3.63, 3.8) is 0 Å². The van der Waals surface area contributed by atoms with Crippen molar-refractivity contribution in [2.24, 2.45) is 0 Å². The van der Waals surface area contributed by atoms with Crippen LogP contribution in [-0.2, 0) is 16.5 Å². The minimum Gasteiger partial charge on any atom is -0.748 e. The van der Waals surface area contributed by atoms with Gasteiger partial charge in [0.1, 0.15) is 0 Å². The molecule has 0 spiro atoms. The second-order valence-corrected chi connectivity index (χ2v) is 6.10. The standard InChI is InChI=1S/C10H17NO3S2.Na/c1-11(5-2-8-16(12,13)14)6-3-10-4-7-15-9-10;/h4,7,9H,2-3,5-6,8H2,1H3,(H,12,13,14);/q;+1/p-1. The van der Waals surface area contributed by atoms with Gasteiger partial charge in [0.25, 0.3) is 0 Å². The summed E-state index contributed by atoms with van der Waals surface area (Å²) in [6.07, 6.45) is 1.37. The second kappa shape index (κ2) is 8.63. The van der Waals surface area contributed by atoms with Gasteiger partial charge in [0.2, 0.25) is 0 Å². The molecule has 0 aliphatic carbocycles. The summed E-state index contributed by atoms with van der Waals surface area (Å²) < 4.78 is 31.2. The van der Waals surface area contributed by atoms with Crippen molar-refractivity contribution in [3.05, 3.63) is 22.4 Å². The quantitative estimate of drug-likeness (QED) is 0.436. The normalized spacial score (nSPS) is 11.5. The minimum atomic E-state index is -4.05. The number of hydrogen-bond acceptors (Lipinski definition) is 5. The van der Waals surface area contributed by atoms with Crippen LogP contribution < -0.4 is 29.6 Å². The van der Waals surface area contributed by atoms with Crippen molar-refractivity contribution in [1.29, 1.82) is 0 Å². The van der Waals surface area contributed by atoms with Crippen LogP contribution in [0.3, 0.4) is 0 Å². The van der Waals surface area contributed by atoms with Crippen LogP contribution in [0, 0.1) is 0 Å². The summed E-state index contributed by atoms with van der Waals surface area (Å²) in [6, 6.07) is 2.08. The average molecular weight is 285 g/mol. The van der Waals surface area contributed by atoms with Gasteiger partial charge >= 0.3 is 29.6 Å². The SMILES string of the molecule is CN(CCCS(=O)(=O)[O-])CCc1ccsc1.[Na+]. The molecule has 0 aliphatic rings. The summed E-state index contributed by atoms with van der Waals surface area (Å²) in [5.74, 6) is -0.268. The monoisotopic (exact) mass is 285 g/mol. The maximum atomic E-state index is 10.4. The van der Waals surface area contributed by atoms with Crippen LogP contribution in [-0.4, -0.2) is 43.8 Å². The molecule has 0 unspecified atom stereocenters. The van der Waals surface area contributed by atoms with Gasteiger partial charge in [-0.05, 0) is 48.8 Å². The third kappa shape index (κ3) is 9.18. The summed E-state index contributed by atoms with van der Waals surface area (Å²) >= 11 is 1.67. The molecular weight excluding hydrogens is 269 g/mol. The molecule has 0 amide bonds. The van der Waals surface area contributed by atoms with Crippen LogP contribution in [0.5, 0.6) is 0 Å². The molecule has 0 saturated carbocycles. The molecule has 0 aliphatic heterocycles. The molecule has 0 atom stereocenters. The van der Waals surface area contributed by atoms with E-state index in [-0.39, 0.29) is 35.3 Å². The fraction of sp³-hybridized carbons (Fsp3) is 0.600. The van der Waals surface area contributed by atoms with E-state index in [1.165, 1.54) is 5.56 Å². The molecule has 0 radical (unpaired) electrons. The number of hydrogen-bond donors (Lipinski definition) is 0. The Kier molecular flexibility index (Phi) is 8.92. The predicted molar refractivity (Wildman–Crippen MR) is 64.7 cm³/mol. The first-order valence-electron chi connectivity index (χ1n) is 5.10. The Bertz CT molecular complexity index is 392. The summed E-state index contributed by atoms with van der Waals surface area (Å²) in [7, 11) is -2.12. The third-order valence-corrected chi connectivity index (χ3v) is 3.82. The van der Waals surface area contributed by atoms with E-state index in [0.717, 1.165) is 13.0 Å².